The molecule has 0 saturated carbocycles. The Bertz CT molecular complexity index is 332. The van der Waals surface area contributed by atoms with Gasteiger partial charge < -0.3 is 14.3 Å². The minimum absolute atomic E-state index is 0.106. The quantitative estimate of drug-likeness (QED) is 0.497. The molecule has 0 aromatic carbocycles. The Morgan fingerprint density at radius 2 is 1.71 bits per heavy atom. The summed E-state index contributed by atoms with van der Waals surface area (Å²) in [6.07, 6.45) is 1.82. The molecule has 0 radical (unpaired) electrons. The summed E-state index contributed by atoms with van der Waals surface area (Å²) < 4.78 is 28.3. The van der Waals surface area contributed by atoms with Crippen molar-refractivity contribution in [2.24, 2.45) is 5.92 Å². The third-order valence-corrected chi connectivity index (χ3v) is 2.72. The highest BCUT2D eigenvalue weighted by atomic mass is 31.3. The molecule has 3 N–H and O–H groups in total. The summed E-state index contributed by atoms with van der Waals surface area (Å²) in [5, 5.41) is 0. The largest absolute Gasteiger partial charge is 0.544 e. The summed E-state index contributed by atoms with van der Waals surface area (Å²) in [5.41, 5.74) is 0. The third kappa shape index (κ3) is 8.27. The van der Waals surface area contributed by atoms with Crippen molar-refractivity contribution in [2.45, 2.75) is 13.8 Å². The predicted octanol–water partition coefficient (Wildman–Crippen LogP) is 0.830. The molecule has 0 aromatic heterocycles. The van der Waals surface area contributed by atoms with Crippen molar-refractivity contribution in [2.75, 3.05) is 0 Å². The molecule has 9 heteroatoms. The highest BCUT2D eigenvalue weighted by Gasteiger charge is 2.33. The van der Waals surface area contributed by atoms with Gasteiger partial charge in [-0.25, -0.2) is 9.13 Å². The van der Waals surface area contributed by atoms with E-state index in [0.717, 1.165) is 0 Å². The number of phosphoric acid groups is 2. The summed E-state index contributed by atoms with van der Waals surface area (Å²) in [7, 11) is -9.86. The summed E-state index contributed by atoms with van der Waals surface area (Å²) in [4.78, 5) is 25.1. The van der Waals surface area contributed by atoms with Crippen LogP contribution in [0.25, 0.3) is 0 Å². The van der Waals surface area contributed by atoms with Gasteiger partial charge in [0.25, 0.3) is 0 Å². The average Bonchev–Trinajstić information content (AvgIpc) is 1.78. The van der Waals surface area contributed by atoms with E-state index in [0.29, 0.717) is 0 Å². The Morgan fingerprint density at radius 1 is 1.21 bits per heavy atom. The predicted molar refractivity (Wildman–Crippen MR) is 46.7 cm³/mol. The van der Waals surface area contributed by atoms with E-state index in [9.17, 15) is 9.13 Å². The molecule has 14 heavy (non-hydrogen) atoms. The second-order valence-electron chi connectivity index (χ2n) is 2.53. The van der Waals surface area contributed by atoms with Crippen molar-refractivity contribution in [3.05, 3.63) is 0 Å². The topological polar surface area (TPSA) is 113 Å². The molecule has 0 spiro atoms. The van der Waals surface area contributed by atoms with E-state index in [1.54, 1.807) is 13.8 Å². The first-order chi connectivity index (χ1) is 6.12. The molecule has 0 aliphatic carbocycles. The van der Waals surface area contributed by atoms with Gasteiger partial charge in [0, 0.05) is 5.92 Å². The fourth-order valence-electron chi connectivity index (χ4n) is 0.353. The van der Waals surface area contributed by atoms with Crippen LogP contribution < -0.4 is 0 Å². The maximum absolute atomic E-state index is 10.7. The van der Waals surface area contributed by atoms with E-state index in [2.05, 4.69) is 14.8 Å². The van der Waals surface area contributed by atoms with E-state index >= 15 is 0 Å². The summed E-state index contributed by atoms with van der Waals surface area (Å²) >= 11 is 0. The standard InChI is InChI=1S/C5H10O7P2/c1-5(2)3-4-11-14(9,10)12-13(6,7)8/h5H,1-2H3,(H,9,10)(H2,6,7,8). The van der Waals surface area contributed by atoms with Crippen LogP contribution in [0.3, 0.4) is 0 Å². The van der Waals surface area contributed by atoms with Gasteiger partial charge in [-0.3, -0.25) is 4.89 Å². The molecule has 1 atom stereocenters. The summed E-state index contributed by atoms with van der Waals surface area (Å²) in [6, 6.07) is 0. The van der Waals surface area contributed by atoms with Gasteiger partial charge in [-0.1, -0.05) is 19.8 Å². The van der Waals surface area contributed by atoms with Gasteiger partial charge in [0.2, 0.25) is 0 Å². The van der Waals surface area contributed by atoms with Crippen LogP contribution in [0.5, 0.6) is 0 Å². The Labute approximate surface area is 80.9 Å². The second kappa shape index (κ2) is 4.94. The van der Waals surface area contributed by atoms with Gasteiger partial charge in [-0.2, -0.15) is 4.31 Å². The molecule has 0 aromatic rings. The van der Waals surface area contributed by atoms with E-state index in [4.69, 9.17) is 14.7 Å². The van der Waals surface area contributed by atoms with Gasteiger partial charge in [-0.15, -0.1) is 0 Å². The van der Waals surface area contributed by atoms with Gasteiger partial charge in [0.15, 0.2) is 0 Å². The molecule has 0 aliphatic rings. The third-order valence-electron chi connectivity index (χ3n) is 0.718. The molecule has 0 rings (SSSR count). The normalized spacial score (nSPS) is 15.6. The molecule has 82 valence electrons. The van der Waals surface area contributed by atoms with Crippen molar-refractivity contribution in [3.63, 3.8) is 0 Å². The molecule has 0 saturated heterocycles. The van der Waals surface area contributed by atoms with E-state index in [-0.39, 0.29) is 5.92 Å². The van der Waals surface area contributed by atoms with Crippen LogP contribution in [0.1, 0.15) is 13.8 Å². The van der Waals surface area contributed by atoms with Gasteiger partial charge in [-0.05, 0) is 0 Å². The van der Waals surface area contributed by atoms with E-state index < -0.39 is 15.6 Å². The molecule has 0 fully saturated rings. The van der Waals surface area contributed by atoms with Gasteiger partial charge >= 0.3 is 15.6 Å². The fraction of sp³-hybridized carbons (Fsp3) is 0.600. The van der Waals surface area contributed by atoms with Crippen LogP contribution in [0.15, 0.2) is 0 Å². The summed E-state index contributed by atoms with van der Waals surface area (Å²) in [6.45, 7) is 3.39. The SMILES string of the molecule is CC(C)C#COP(=O)(O)OP(=O)(O)O. The van der Waals surface area contributed by atoms with Crippen molar-refractivity contribution in [1.29, 1.82) is 0 Å². The van der Waals surface area contributed by atoms with Crippen LogP contribution in [-0.4, -0.2) is 14.7 Å². The highest BCUT2D eigenvalue weighted by Crippen LogP contribution is 2.57. The molecule has 7 nitrogen and oxygen atoms in total. The zero-order chi connectivity index (χ0) is 11.4. The van der Waals surface area contributed by atoms with Crippen molar-refractivity contribution < 1.29 is 32.6 Å². The molecule has 1 unspecified atom stereocenters. The number of hydrogen-bond donors (Lipinski definition) is 3. The first-order valence-corrected chi connectivity index (χ1v) is 6.44. The maximum Gasteiger partial charge on any atom is 0.544 e. The van der Waals surface area contributed by atoms with Crippen molar-refractivity contribution in [3.8, 4) is 12.0 Å². The van der Waals surface area contributed by atoms with Gasteiger partial charge in [0.1, 0.15) is 6.11 Å². The van der Waals surface area contributed by atoms with Crippen LogP contribution in [0.4, 0.5) is 0 Å². The minimum Gasteiger partial charge on any atom is -0.350 e. The fourth-order valence-corrected chi connectivity index (χ4v) is 1.73. The lowest BCUT2D eigenvalue weighted by Gasteiger charge is -2.08. The Morgan fingerprint density at radius 3 is 2.07 bits per heavy atom. The maximum atomic E-state index is 10.7. The van der Waals surface area contributed by atoms with Crippen molar-refractivity contribution in [1.82, 2.24) is 0 Å². The van der Waals surface area contributed by atoms with Crippen LogP contribution in [0, 0.1) is 17.9 Å². The number of rotatable bonds is 3. The zero-order valence-corrected chi connectivity index (χ0v) is 9.24. The van der Waals surface area contributed by atoms with Crippen LogP contribution in [0.2, 0.25) is 0 Å². The molecular weight excluding hydrogens is 234 g/mol. The molecule has 0 heterocycles. The summed E-state index contributed by atoms with van der Waals surface area (Å²) in [5.74, 6) is 2.24. The highest BCUT2D eigenvalue weighted by molar-refractivity contribution is 7.60. The number of hydrogen-bond acceptors (Lipinski definition) is 4. The Hall–Kier alpha value is -0.340. The lowest BCUT2D eigenvalue weighted by Crippen LogP contribution is -1.89. The second-order valence-corrected chi connectivity index (χ2v) is 5.29. The number of phosphoric ester groups is 1. The smallest absolute Gasteiger partial charge is 0.350 e. The van der Waals surface area contributed by atoms with E-state index in [1.165, 1.54) is 0 Å². The monoisotopic (exact) mass is 244 g/mol. The molecule has 0 bridgehead atoms. The Balaban J connectivity index is 4.32. The molecule has 0 aliphatic heterocycles. The van der Waals surface area contributed by atoms with Crippen LogP contribution >= 0.6 is 15.6 Å². The first-order valence-electron chi connectivity index (χ1n) is 3.41. The Kier molecular flexibility index (Phi) is 4.82. The minimum atomic E-state index is -5.06. The first kappa shape index (κ1) is 13.7. The van der Waals surface area contributed by atoms with Gasteiger partial charge in [0.05, 0.1) is 0 Å². The van der Waals surface area contributed by atoms with Crippen LogP contribution in [-0.2, 0) is 18.0 Å². The molecule has 0 amide bonds. The lowest BCUT2D eigenvalue weighted by molar-refractivity contribution is 0.222. The lowest BCUT2D eigenvalue weighted by atomic mass is 10.2. The average molecular weight is 244 g/mol. The van der Waals surface area contributed by atoms with E-state index in [1.807, 2.05) is 6.11 Å². The van der Waals surface area contributed by atoms with Crippen molar-refractivity contribution >= 4 is 15.6 Å². The molecular formula is C5H10O7P2. The zero-order valence-electron chi connectivity index (χ0n) is 7.45.